The van der Waals surface area contributed by atoms with Crippen molar-refractivity contribution in [3.8, 4) is 5.69 Å². The molecule has 1 aromatic carbocycles. The van der Waals surface area contributed by atoms with Crippen molar-refractivity contribution in [1.82, 2.24) is 9.78 Å². The monoisotopic (exact) mass is 451 g/mol. The molecule has 3 aromatic rings. The first-order valence-corrected chi connectivity index (χ1v) is 9.88. The van der Waals surface area contributed by atoms with Gasteiger partial charge in [0.15, 0.2) is 5.69 Å². The zero-order chi connectivity index (χ0) is 22.8. The number of allylic oxidation sites excluding steroid dienone is 1. The summed E-state index contributed by atoms with van der Waals surface area (Å²) in [7, 11) is 0. The second-order valence-electron chi connectivity index (χ2n) is 6.17. The highest BCUT2D eigenvalue weighted by molar-refractivity contribution is 7.16. The number of benzene rings is 1. The minimum absolute atomic E-state index is 0.000744. The van der Waals surface area contributed by atoms with E-state index in [-0.39, 0.29) is 33.8 Å². The van der Waals surface area contributed by atoms with Gasteiger partial charge in [0.25, 0.3) is 5.56 Å². The number of halogens is 3. The van der Waals surface area contributed by atoms with Crippen LogP contribution < -0.4 is 10.9 Å². The Labute approximate surface area is 177 Å². The van der Waals surface area contributed by atoms with Crippen molar-refractivity contribution in [2.24, 2.45) is 0 Å². The van der Waals surface area contributed by atoms with E-state index in [0.717, 1.165) is 40.3 Å². The second kappa shape index (κ2) is 8.72. The van der Waals surface area contributed by atoms with Crippen LogP contribution in [0, 0.1) is 0 Å². The Morgan fingerprint density at radius 1 is 1.26 bits per heavy atom. The Morgan fingerprint density at radius 3 is 2.52 bits per heavy atom. The Morgan fingerprint density at radius 2 is 1.94 bits per heavy atom. The topological polar surface area (TPSA) is 90.3 Å². The number of fused-ring (bicyclic) bond motifs is 1. The van der Waals surface area contributed by atoms with Gasteiger partial charge < -0.3 is 10.1 Å². The molecule has 0 unspecified atom stereocenters. The van der Waals surface area contributed by atoms with Crippen LogP contribution in [0.4, 0.5) is 18.2 Å². The molecular weight excluding hydrogens is 435 g/mol. The van der Waals surface area contributed by atoms with Crippen molar-refractivity contribution < 1.29 is 27.5 Å². The largest absolute Gasteiger partial charge is 0.461 e. The summed E-state index contributed by atoms with van der Waals surface area (Å²) in [4.78, 5) is 37.5. The fraction of sp³-hybridized carbons (Fsp3) is 0.200. The normalized spacial score (nSPS) is 11.8. The van der Waals surface area contributed by atoms with Crippen LogP contribution >= 0.6 is 11.3 Å². The van der Waals surface area contributed by atoms with E-state index in [4.69, 9.17) is 4.74 Å². The van der Waals surface area contributed by atoms with Gasteiger partial charge in [-0.25, -0.2) is 4.79 Å². The molecule has 0 atom stereocenters. The number of anilines is 1. The summed E-state index contributed by atoms with van der Waals surface area (Å²) in [5.41, 5.74) is -1.79. The lowest BCUT2D eigenvalue weighted by Gasteiger charge is -2.11. The number of ether oxygens (including phenoxy) is 1. The van der Waals surface area contributed by atoms with Crippen molar-refractivity contribution in [2.75, 3.05) is 11.9 Å². The number of amides is 1. The minimum Gasteiger partial charge on any atom is -0.461 e. The van der Waals surface area contributed by atoms with Crippen molar-refractivity contribution in [2.45, 2.75) is 20.0 Å². The zero-order valence-electron chi connectivity index (χ0n) is 16.3. The molecule has 3 rings (SSSR count). The molecule has 0 aliphatic carbocycles. The summed E-state index contributed by atoms with van der Waals surface area (Å²) in [6.07, 6.45) is -1.78. The second-order valence-corrected chi connectivity index (χ2v) is 7.05. The SMILES string of the molecule is CC=CC(=O)Nc1scc2c(C(=O)OCC)nn(-c3ccc(C(F)(F)F)cc3)c(=O)c12. The molecule has 0 aliphatic heterocycles. The number of aromatic nitrogens is 2. The average molecular weight is 451 g/mol. The zero-order valence-corrected chi connectivity index (χ0v) is 17.1. The van der Waals surface area contributed by atoms with Crippen LogP contribution in [0.1, 0.15) is 29.9 Å². The van der Waals surface area contributed by atoms with E-state index >= 15 is 0 Å². The lowest BCUT2D eigenvalue weighted by atomic mass is 10.2. The summed E-state index contributed by atoms with van der Waals surface area (Å²) in [6.45, 7) is 3.29. The lowest BCUT2D eigenvalue weighted by molar-refractivity contribution is -0.137. The number of rotatable bonds is 5. The van der Waals surface area contributed by atoms with Crippen LogP contribution in [0.5, 0.6) is 0 Å². The number of hydrogen-bond acceptors (Lipinski definition) is 6. The predicted octanol–water partition coefficient (Wildman–Crippen LogP) is 4.16. The number of carbonyl (C=O) groups excluding carboxylic acids is 2. The molecule has 0 saturated heterocycles. The number of nitrogens with one attached hydrogen (secondary N) is 1. The highest BCUT2D eigenvalue weighted by Gasteiger charge is 2.30. The summed E-state index contributed by atoms with van der Waals surface area (Å²) >= 11 is 1.01. The molecule has 0 fully saturated rings. The smallest absolute Gasteiger partial charge is 0.416 e. The van der Waals surface area contributed by atoms with E-state index in [1.54, 1.807) is 13.8 Å². The molecule has 1 N–H and O–H groups in total. The number of nitrogens with zero attached hydrogens (tertiary/aromatic N) is 2. The van der Waals surface area contributed by atoms with Crippen molar-refractivity contribution >= 4 is 39.0 Å². The third kappa shape index (κ3) is 4.50. The maximum absolute atomic E-state index is 13.1. The Kier molecular flexibility index (Phi) is 6.25. The lowest BCUT2D eigenvalue weighted by Crippen LogP contribution is -2.25. The first-order chi connectivity index (χ1) is 14.7. The van der Waals surface area contributed by atoms with Gasteiger partial charge in [0.05, 0.1) is 23.2 Å². The molecule has 1 amide bonds. The standard InChI is InChI=1S/C20H16F3N3O4S/c1-3-5-14(27)24-17-15-13(10-31-17)16(19(29)30-4-2)25-26(18(15)28)12-8-6-11(7-9-12)20(21,22)23/h3,5-10H,4H2,1-2H3,(H,24,27). The van der Waals surface area contributed by atoms with E-state index in [9.17, 15) is 27.6 Å². The Balaban J connectivity index is 2.23. The van der Waals surface area contributed by atoms with Gasteiger partial charge in [0.1, 0.15) is 5.00 Å². The van der Waals surface area contributed by atoms with Gasteiger partial charge in [-0.1, -0.05) is 6.08 Å². The van der Waals surface area contributed by atoms with Crippen molar-refractivity contribution in [3.63, 3.8) is 0 Å². The molecule has 31 heavy (non-hydrogen) atoms. The van der Waals surface area contributed by atoms with Gasteiger partial charge in [-0.2, -0.15) is 23.0 Å². The Hall–Kier alpha value is -3.47. The fourth-order valence-electron chi connectivity index (χ4n) is 2.76. The van der Waals surface area contributed by atoms with Gasteiger partial charge in [-0.15, -0.1) is 11.3 Å². The maximum Gasteiger partial charge on any atom is 0.416 e. The molecular formula is C20H16F3N3O4S. The Bertz CT molecular complexity index is 1230. The van der Waals surface area contributed by atoms with Crippen molar-refractivity contribution in [3.05, 3.63) is 63.4 Å². The quantitative estimate of drug-likeness (QED) is 0.465. The van der Waals surface area contributed by atoms with Crippen LogP contribution in [0.2, 0.25) is 0 Å². The van der Waals surface area contributed by atoms with E-state index in [2.05, 4.69) is 10.4 Å². The third-order valence-electron chi connectivity index (χ3n) is 4.12. The van der Waals surface area contributed by atoms with Crippen molar-refractivity contribution in [1.29, 1.82) is 0 Å². The summed E-state index contributed by atoms with van der Waals surface area (Å²) in [6, 6.07) is 3.75. The molecule has 2 heterocycles. The van der Waals surface area contributed by atoms with Gasteiger partial charge >= 0.3 is 12.1 Å². The molecule has 0 saturated carbocycles. The first-order valence-electron chi connectivity index (χ1n) is 9.00. The molecule has 7 nitrogen and oxygen atoms in total. The van der Waals surface area contributed by atoms with Gasteiger partial charge in [0.2, 0.25) is 5.91 Å². The summed E-state index contributed by atoms with van der Waals surface area (Å²) < 4.78 is 44.4. The summed E-state index contributed by atoms with van der Waals surface area (Å²) in [5, 5.41) is 8.44. The highest BCUT2D eigenvalue weighted by atomic mass is 32.1. The number of esters is 1. The van der Waals surface area contributed by atoms with Gasteiger partial charge in [0, 0.05) is 10.8 Å². The molecule has 0 radical (unpaired) electrons. The molecule has 11 heteroatoms. The van der Waals surface area contributed by atoms with E-state index in [1.807, 2.05) is 0 Å². The molecule has 2 aromatic heterocycles. The number of thiophene rings is 1. The minimum atomic E-state index is -4.55. The third-order valence-corrected chi connectivity index (χ3v) is 5.01. The highest BCUT2D eigenvalue weighted by Crippen LogP contribution is 2.32. The average Bonchev–Trinajstić information content (AvgIpc) is 3.12. The van der Waals surface area contributed by atoms with Gasteiger partial charge in [-0.05, 0) is 44.2 Å². The molecule has 0 aliphatic rings. The van der Waals surface area contributed by atoms with Crippen LogP contribution in [0.15, 0.2) is 46.6 Å². The van der Waals surface area contributed by atoms with E-state index in [1.165, 1.54) is 17.5 Å². The number of hydrogen-bond donors (Lipinski definition) is 1. The molecule has 162 valence electrons. The molecule has 0 bridgehead atoms. The molecule has 0 spiro atoms. The maximum atomic E-state index is 13.1. The van der Waals surface area contributed by atoms with E-state index in [0.29, 0.717) is 0 Å². The fourth-order valence-corrected chi connectivity index (χ4v) is 3.70. The predicted molar refractivity (Wildman–Crippen MR) is 110 cm³/mol. The van der Waals surface area contributed by atoms with Crippen LogP contribution in [0.25, 0.3) is 16.5 Å². The van der Waals surface area contributed by atoms with Crippen LogP contribution in [0.3, 0.4) is 0 Å². The van der Waals surface area contributed by atoms with Crippen LogP contribution in [-0.4, -0.2) is 28.3 Å². The first kappa shape index (κ1) is 22.2. The van der Waals surface area contributed by atoms with Crippen LogP contribution in [-0.2, 0) is 15.7 Å². The number of carbonyl (C=O) groups is 2. The van der Waals surface area contributed by atoms with E-state index < -0.39 is 29.2 Å². The van der Waals surface area contributed by atoms with Gasteiger partial charge in [-0.3, -0.25) is 9.59 Å². The summed E-state index contributed by atoms with van der Waals surface area (Å²) in [5.74, 6) is -1.29. The number of alkyl halides is 3.